The number of nitrogens with one attached hydrogen (secondary N) is 1. The number of halogens is 1. The Hall–Kier alpha value is -1.45. The van der Waals surface area contributed by atoms with Crippen molar-refractivity contribution in [1.82, 2.24) is 5.32 Å². The van der Waals surface area contributed by atoms with Gasteiger partial charge in [0.2, 0.25) is 0 Å². The number of ether oxygens (including phenoxy) is 1. The molecule has 3 rings (SSSR count). The third kappa shape index (κ3) is 2.43. The second kappa shape index (κ2) is 5.51. The molecule has 2 heterocycles. The molecule has 0 atom stereocenters. The van der Waals surface area contributed by atoms with E-state index in [1.807, 2.05) is 12.1 Å². The Labute approximate surface area is 125 Å². The zero-order valence-electron chi connectivity index (χ0n) is 12.0. The van der Waals surface area contributed by atoms with E-state index in [1.165, 1.54) is 5.57 Å². The van der Waals surface area contributed by atoms with Crippen molar-refractivity contribution in [1.29, 1.82) is 0 Å². The van der Waals surface area contributed by atoms with E-state index in [0.29, 0.717) is 0 Å². The molecule has 0 radical (unpaired) electrons. The largest absolute Gasteiger partial charge is 0.497 e. The van der Waals surface area contributed by atoms with Crippen molar-refractivity contribution in [2.45, 2.75) is 13.8 Å². The maximum absolute atomic E-state index is 5.68. The molecule has 1 aliphatic heterocycles. The van der Waals surface area contributed by atoms with E-state index in [1.54, 1.807) is 13.4 Å². The standard InChI is InChI=1S/C16H19NO2.ClH/c1-16(2)10-17-6-4-14(16)13-9-12(18-3)8-11-5-7-19-15(11)13;/h4-5,7-9,17H,6,10H2,1-3H3;1H. The van der Waals surface area contributed by atoms with Crippen LogP contribution >= 0.6 is 12.4 Å². The number of fused-ring (bicyclic) bond motifs is 1. The first kappa shape index (κ1) is 14.9. The molecule has 20 heavy (non-hydrogen) atoms. The van der Waals surface area contributed by atoms with E-state index in [2.05, 4.69) is 31.3 Å². The predicted molar refractivity (Wildman–Crippen MR) is 84.6 cm³/mol. The lowest BCUT2D eigenvalue weighted by Crippen LogP contribution is -2.35. The Morgan fingerprint density at radius 3 is 2.80 bits per heavy atom. The molecule has 108 valence electrons. The van der Waals surface area contributed by atoms with Crippen LogP contribution in [0.3, 0.4) is 0 Å². The summed E-state index contributed by atoms with van der Waals surface area (Å²) in [4.78, 5) is 0. The lowest BCUT2D eigenvalue weighted by atomic mass is 9.78. The fourth-order valence-electron chi connectivity index (χ4n) is 2.78. The molecule has 2 aromatic rings. The van der Waals surface area contributed by atoms with Gasteiger partial charge < -0.3 is 14.5 Å². The highest BCUT2D eigenvalue weighted by Crippen LogP contribution is 2.40. The minimum absolute atomic E-state index is 0. The molecule has 1 N–H and O–H groups in total. The van der Waals surface area contributed by atoms with Gasteiger partial charge in [-0.3, -0.25) is 0 Å². The fraction of sp³-hybridized carbons (Fsp3) is 0.375. The van der Waals surface area contributed by atoms with Gasteiger partial charge >= 0.3 is 0 Å². The van der Waals surface area contributed by atoms with Crippen molar-refractivity contribution >= 4 is 28.9 Å². The molecule has 0 bridgehead atoms. The van der Waals surface area contributed by atoms with Crippen molar-refractivity contribution in [3.63, 3.8) is 0 Å². The minimum Gasteiger partial charge on any atom is -0.497 e. The second-order valence-corrected chi connectivity index (χ2v) is 5.65. The molecule has 1 aromatic heterocycles. The number of rotatable bonds is 2. The van der Waals surface area contributed by atoms with Crippen LogP contribution in [0.1, 0.15) is 19.4 Å². The SMILES string of the molecule is COc1cc(C2=CCNCC2(C)C)c2occc2c1.Cl. The Morgan fingerprint density at radius 1 is 1.30 bits per heavy atom. The van der Waals surface area contributed by atoms with Crippen LogP contribution in [-0.4, -0.2) is 20.2 Å². The highest BCUT2D eigenvalue weighted by molar-refractivity contribution is 5.92. The lowest BCUT2D eigenvalue weighted by Gasteiger charge is -2.32. The Kier molecular flexibility index (Phi) is 4.11. The van der Waals surface area contributed by atoms with Crippen LogP contribution in [0.25, 0.3) is 16.5 Å². The summed E-state index contributed by atoms with van der Waals surface area (Å²) in [6, 6.07) is 6.07. The molecule has 4 heteroatoms. The van der Waals surface area contributed by atoms with Crippen molar-refractivity contribution in [2.75, 3.05) is 20.2 Å². The van der Waals surface area contributed by atoms with Crippen molar-refractivity contribution < 1.29 is 9.15 Å². The Morgan fingerprint density at radius 2 is 2.10 bits per heavy atom. The second-order valence-electron chi connectivity index (χ2n) is 5.65. The van der Waals surface area contributed by atoms with E-state index in [-0.39, 0.29) is 17.8 Å². The van der Waals surface area contributed by atoms with Gasteiger partial charge in [-0.1, -0.05) is 19.9 Å². The first-order valence-electron chi connectivity index (χ1n) is 6.59. The average Bonchev–Trinajstić information content (AvgIpc) is 2.85. The molecule has 0 amide bonds. The predicted octanol–water partition coefficient (Wildman–Crippen LogP) is 3.88. The van der Waals surface area contributed by atoms with Crippen LogP contribution < -0.4 is 10.1 Å². The highest BCUT2D eigenvalue weighted by Gasteiger charge is 2.28. The van der Waals surface area contributed by atoms with E-state index in [9.17, 15) is 0 Å². The molecule has 0 saturated carbocycles. The van der Waals surface area contributed by atoms with Gasteiger partial charge in [0.25, 0.3) is 0 Å². The van der Waals surface area contributed by atoms with Gasteiger partial charge in [-0.15, -0.1) is 12.4 Å². The highest BCUT2D eigenvalue weighted by atomic mass is 35.5. The summed E-state index contributed by atoms with van der Waals surface area (Å²) in [5.41, 5.74) is 3.50. The summed E-state index contributed by atoms with van der Waals surface area (Å²) in [7, 11) is 1.70. The molecule has 0 unspecified atom stereocenters. The van der Waals surface area contributed by atoms with Crippen LogP contribution in [-0.2, 0) is 0 Å². The van der Waals surface area contributed by atoms with Gasteiger partial charge in [0, 0.05) is 29.5 Å². The van der Waals surface area contributed by atoms with Gasteiger partial charge in [0.1, 0.15) is 11.3 Å². The average molecular weight is 294 g/mol. The van der Waals surface area contributed by atoms with Crippen LogP contribution in [0, 0.1) is 5.41 Å². The monoisotopic (exact) mass is 293 g/mol. The summed E-state index contributed by atoms with van der Waals surface area (Å²) >= 11 is 0. The number of benzene rings is 1. The Balaban J connectivity index is 0.00000147. The molecule has 1 aromatic carbocycles. The third-order valence-corrected chi connectivity index (χ3v) is 3.80. The van der Waals surface area contributed by atoms with Crippen LogP contribution in [0.2, 0.25) is 0 Å². The zero-order valence-corrected chi connectivity index (χ0v) is 12.8. The fourth-order valence-corrected chi connectivity index (χ4v) is 2.78. The molecule has 0 fully saturated rings. The number of methoxy groups -OCH3 is 1. The summed E-state index contributed by atoms with van der Waals surface area (Å²) in [5.74, 6) is 0.874. The summed E-state index contributed by atoms with van der Waals surface area (Å²) in [6.45, 7) is 6.37. The van der Waals surface area contributed by atoms with Crippen LogP contribution in [0.4, 0.5) is 0 Å². The van der Waals surface area contributed by atoms with Crippen molar-refractivity contribution in [3.05, 3.63) is 36.1 Å². The molecule has 3 nitrogen and oxygen atoms in total. The quantitative estimate of drug-likeness (QED) is 0.912. The van der Waals surface area contributed by atoms with Gasteiger partial charge in [-0.25, -0.2) is 0 Å². The third-order valence-electron chi connectivity index (χ3n) is 3.80. The molecule has 0 saturated heterocycles. The maximum Gasteiger partial charge on any atom is 0.141 e. The zero-order chi connectivity index (χ0) is 13.5. The maximum atomic E-state index is 5.68. The van der Waals surface area contributed by atoms with Gasteiger partial charge in [0.15, 0.2) is 0 Å². The molecule has 1 aliphatic rings. The molecule has 0 spiro atoms. The van der Waals surface area contributed by atoms with E-state index in [0.717, 1.165) is 35.4 Å². The van der Waals surface area contributed by atoms with Gasteiger partial charge in [-0.2, -0.15) is 0 Å². The van der Waals surface area contributed by atoms with Crippen LogP contribution in [0.15, 0.2) is 35.0 Å². The number of furan rings is 1. The number of hydrogen-bond acceptors (Lipinski definition) is 3. The Bertz CT molecular complexity index is 643. The number of hydrogen-bond donors (Lipinski definition) is 1. The van der Waals surface area contributed by atoms with Crippen molar-refractivity contribution in [3.8, 4) is 5.75 Å². The molecule has 0 aliphatic carbocycles. The summed E-state index contributed by atoms with van der Waals surface area (Å²) in [6.07, 6.45) is 3.99. The first-order valence-corrected chi connectivity index (χ1v) is 6.59. The minimum atomic E-state index is 0. The lowest BCUT2D eigenvalue weighted by molar-refractivity contribution is 0.414. The normalized spacial score (nSPS) is 17.4. The van der Waals surface area contributed by atoms with Crippen LogP contribution in [0.5, 0.6) is 5.75 Å². The van der Waals surface area contributed by atoms with E-state index < -0.39 is 0 Å². The summed E-state index contributed by atoms with van der Waals surface area (Å²) < 4.78 is 11.1. The van der Waals surface area contributed by atoms with Crippen molar-refractivity contribution in [2.24, 2.45) is 5.41 Å². The first-order chi connectivity index (χ1) is 9.12. The van der Waals surface area contributed by atoms with Gasteiger partial charge in [0.05, 0.1) is 13.4 Å². The topological polar surface area (TPSA) is 34.4 Å². The summed E-state index contributed by atoms with van der Waals surface area (Å²) in [5, 5.41) is 4.49. The van der Waals surface area contributed by atoms with Gasteiger partial charge in [-0.05, 0) is 23.8 Å². The molecular formula is C16H20ClNO2. The smallest absolute Gasteiger partial charge is 0.141 e. The van der Waals surface area contributed by atoms with E-state index in [4.69, 9.17) is 9.15 Å². The van der Waals surface area contributed by atoms with E-state index >= 15 is 0 Å². The molecular weight excluding hydrogens is 274 g/mol.